The second-order valence-electron chi connectivity index (χ2n) is 6.26. The Morgan fingerprint density at radius 2 is 1.74 bits per heavy atom. The number of nitrogens with zero attached hydrogens (tertiary/aromatic N) is 2. The third kappa shape index (κ3) is 2.32. The van der Waals surface area contributed by atoms with Crippen molar-refractivity contribution in [1.29, 1.82) is 0 Å². The number of hydrogen-bond acceptors (Lipinski definition) is 3. The Balaban J connectivity index is 1.67. The van der Waals surface area contributed by atoms with Crippen molar-refractivity contribution in [2.24, 2.45) is 0 Å². The summed E-state index contributed by atoms with van der Waals surface area (Å²) in [6.07, 6.45) is 2.99. The van der Waals surface area contributed by atoms with Crippen molar-refractivity contribution in [3.8, 4) is 0 Å². The SMILES string of the molecule is CSc1ccc([C@@H]2CC3C(=O)N(C)c4ccccc4N3C2)cc1. The van der Waals surface area contributed by atoms with Crippen molar-refractivity contribution in [1.82, 2.24) is 0 Å². The van der Waals surface area contributed by atoms with E-state index >= 15 is 0 Å². The van der Waals surface area contributed by atoms with E-state index in [-0.39, 0.29) is 11.9 Å². The fourth-order valence-corrected chi connectivity index (χ4v) is 4.20. The highest BCUT2D eigenvalue weighted by atomic mass is 32.2. The van der Waals surface area contributed by atoms with E-state index in [1.807, 2.05) is 24.1 Å². The number of benzene rings is 2. The van der Waals surface area contributed by atoms with Crippen LogP contribution in [0, 0.1) is 0 Å². The standard InChI is InChI=1S/C19H20N2OS/c1-20-16-5-3-4-6-17(16)21-12-14(11-18(21)19(20)22)13-7-9-15(23-2)10-8-13/h3-10,14,18H,11-12H2,1-2H3/t14-,18?/m1/s1. The minimum atomic E-state index is -0.0277. The van der Waals surface area contributed by atoms with Crippen LogP contribution in [0.15, 0.2) is 53.4 Å². The maximum atomic E-state index is 12.7. The average Bonchev–Trinajstić information content (AvgIpc) is 3.05. The Bertz CT molecular complexity index is 743. The number of carbonyl (C=O) groups excluding carboxylic acids is 1. The van der Waals surface area contributed by atoms with Crippen molar-refractivity contribution in [3.05, 3.63) is 54.1 Å². The van der Waals surface area contributed by atoms with Crippen LogP contribution in [-0.2, 0) is 4.79 Å². The van der Waals surface area contributed by atoms with E-state index in [0.717, 1.165) is 18.7 Å². The third-order valence-corrected chi connectivity index (χ3v) is 5.80. The monoisotopic (exact) mass is 324 g/mol. The number of thioether (sulfide) groups is 1. The molecule has 2 aliphatic rings. The highest BCUT2D eigenvalue weighted by molar-refractivity contribution is 7.98. The molecule has 118 valence electrons. The van der Waals surface area contributed by atoms with Crippen molar-refractivity contribution in [3.63, 3.8) is 0 Å². The summed E-state index contributed by atoms with van der Waals surface area (Å²) in [7, 11) is 1.89. The van der Waals surface area contributed by atoms with E-state index in [4.69, 9.17) is 0 Å². The van der Waals surface area contributed by atoms with E-state index in [9.17, 15) is 4.79 Å². The average molecular weight is 324 g/mol. The van der Waals surface area contributed by atoms with E-state index in [1.54, 1.807) is 11.8 Å². The van der Waals surface area contributed by atoms with Gasteiger partial charge in [0, 0.05) is 24.4 Å². The number of para-hydroxylation sites is 2. The van der Waals surface area contributed by atoms with Gasteiger partial charge in [-0.3, -0.25) is 4.79 Å². The molecule has 0 saturated carbocycles. The zero-order valence-electron chi connectivity index (χ0n) is 13.4. The smallest absolute Gasteiger partial charge is 0.249 e. The zero-order chi connectivity index (χ0) is 16.0. The molecule has 2 aromatic rings. The van der Waals surface area contributed by atoms with E-state index in [2.05, 4.69) is 47.6 Å². The molecule has 1 unspecified atom stereocenters. The van der Waals surface area contributed by atoms with Crippen LogP contribution < -0.4 is 9.80 Å². The van der Waals surface area contributed by atoms with Gasteiger partial charge in [-0.15, -0.1) is 11.8 Å². The van der Waals surface area contributed by atoms with Crippen LogP contribution in [-0.4, -0.2) is 31.8 Å². The third-order valence-electron chi connectivity index (χ3n) is 5.06. The lowest BCUT2D eigenvalue weighted by Gasteiger charge is -2.37. The Morgan fingerprint density at radius 1 is 1.04 bits per heavy atom. The number of rotatable bonds is 2. The normalized spacial score (nSPS) is 23.0. The van der Waals surface area contributed by atoms with Gasteiger partial charge in [0.2, 0.25) is 5.91 Å². The molecule has 0 aromatic heterocycles. The van der Waals surface area contributed by atoms with Gasteiger partial charge in [0.1, 0.15) is 6.04 Å². The highest BCUT2D eigenvalue weighted by Gasteiger charge is 2.43. The first-order valence-corrected chi connectivity index (χ1v) is 9.18. The van der Waals surface area contributed by atoms with Crippen LogP contribution >= 0.6 is 11.8 Å². The van der Waals surface area contributed by atoms with E-state index < -0.39 is 0 Å². The number of fused-ring (bicyclic) bond motifs is 3. The molecular weight excluding hydrogens is 304 g/mol. The molecule has 4 heteroatoms. The summed E-state index contributed by atoms with van der Waals surface area (Å²) < 4.78 is 0. The van der Waals surface area contributed by atoms with Crippen LogP contribution in [0.1, 0.15) is 17.9 Å². The van der Waals surface area contributed by atoms with Gasteiger partial charge in [0.15, 0.2) is 0 Å². The first-order chi connectivity index (χ1) is 11.2. The predicted octanol–water partition coefficient (Wildman–Crippen LogP) is 3.75. The van der Waals surface area contributed by atoms with Gasteiger partial charge in [0.25, 0.3) is 0 Å². The van der Waals surface area contributed by atoms with Crippen LogP contribution in [0.25, 0.3) is 0 Å². The van der Waals surface area contributed by atoms with Gasteiger partial charge in [0.05, 0.1) is 11.4 Å². The molecule has 0 N–H and O–H groups in total. The second kappa shape index (κ2) is 5.60. The molecule has 1 amide bonds. The lowest BCUT2D eigenvalue weighted by atomic mass is 9.96. The number of likely N-dealkylation sites (N-methyl/N-ethyl adjacent to an activating group) is 1. The van der Waals surface area contributed by atoms with Crippen molar-refractivity contribution < 1.29 is 4.79 Å². The summed E-state index contributed by atoms with van der Waals surface area (Å²) >= 11 is 1.76. The molecule has 2 heterocycles. The van der Waals surface area contributed by atoms with Gasteiger partial charge in [-0.1, -0.05) is 24.3 Å². The molecule has 2 atom stereocenters. The molecule has 3 nitrogen and oxygen atoms in total. The molecule has 1 fully saturated rings. The quantitative estimate of drug-likeness (QED) is 0.786. The van der Waals surface area contributed by atoms with Crippen molar-refractivity contribution in [2.45, 2.75) is 23.3 Å². The summed E-state index contributed by atoms with van der Waals surface area (Å²) in [5.74, 6) is 0.631. The highest BCUT2D eigenvalue weighted by Crippen LogP contribution is 2.43. The second-order valence-corrected chi connectivity index (χ2v) is 7.14. The first kappa shape index (κ1) is 14.6. The Kier molecular flexibility index (Phi) is 3.57. The van der Waals surface area contributed by atoms with Gasteiger partial charge in [-0.25, -0.2) is 0 Å². The Morgan fingerprint density at radius 3 is 2.43 bits per heavy atom. The van der Waals surface area contributed by atoms with Gasteiger partial charge >= 0.3 is 0 Å². The molecule has 2 aromatic carbocycles. The summed E-state index contributed by atoms with van der Waals surface area (Å²) in [6.45, 7) is 0.917. The number of hydrogen-bond donors (Lipinski definition) is 0. The summed E-state index contributed by atoms with van der Waals surface area (Å²) in [5.41, 5.74) is 3.54. The van der Waals surface area contributed by atoms with Crippen LogP contribution in [0.3, 0.4) is 0 Å². The molecule has 0 aliphatic carbocycles. The maximum absolute atomic E-state index is 12.7. The van der Waals surface area contributed by atoms with Gasteiger partial charge in [-0.2, -0.15) is 0 Å². The molecule has 0 radical (unpaired) electrons. The van der Waals surface area contributed by atoms with Crippen LogP contribution in [0.5, 0.6) is 0 Å². The van der Waals surface area contributed by atoms with Gasteiger partial charge in [-0.05, 0) is 42.5 Å². The van der Waals surface area contributed by atoms with E-state index in [1.165, 1.54) is 16.1 Å². The Labute approximate surface area is 141 Å². The molecule has 0 spiro atoms. The van der Waals surface area contributed by atoms with Crippen molar-refractivity contribution in [2.75, 3.05) is 29.6 Å². The van der Waals surface area contributed by atoms with Gasteiger partial charge < -0.3 is 9.80 Å². The maximum Gasteiger partial charge on any atom is 0.249 e. The molecule has 23 heavy (non-hydrogen) atoms. The van der Waals surface area contributed by atoms with Crippen LogP contribution in [0.2, 0.25) is 0 Å². The summed E-state index contributed by atoms with van der Waals surface area (Å²) in [5, 5.41) is 0. The molecule has 4 rings (SSSR count). The minimum Gasteiger partial charge on any atom is -0.357 e. The molecular formula is C19H20N2OS. The summed E-state index contributed by atoms with van der Waals surface area (Å²) in [6, 6.07) is 17.0. The van der Waals surface area contributed by atoms with E-state index in [0.29, 0.717) is 5.92 Å². The minimum absolute atomic E-state index is 0.0277. The fraction of sp³-hybridized carbons (Fsp3) is 0.316. The van der Waals surface area contributed by atoms with Crippen LogP contribution in [0.4, 0.5) is 11.4 Å². The molecule has 1 saturated heterocycles. The predicted molar refractivity (Wildman–Crippen MR) is 96.6 cm³/mol. The number of amides is 1. The first-order valence-electron chi connectivity index (χ1n) is 7.96. The number of carbonyl (C=O) groups is 1. The largest absolute Gasteiger partial charge is 0.357 e. The summed E-state index contributed by atoms with van der Waals surface area (Å²) in [4.78, 5) is 18.1. The Hall–Kier alpha value is -1.94. The molecule has 2 aliphatic heterocycles. The zero-order valence-corrected chi connectivity index (χ0v) is 14.2. The fourth-order valence-electron chi connectivity index (χ4n) is 3.79. The topological polar surface area (TPSA) is 23.6 Å². The number of anilines is 2. The lowest BCUT2D eigenvalue weighted by molar-refractivity contribution is -0.119. The molecule has 0 bridgehead atoms. The van der Waals surface area contributed by atoms with Crippen molar-refractivity contribution >= 4 is 29.0 Å². The lowest BCUT2D eigenvalue weighted by Crippen LogP contribution is -2.48.